The Morgan fingerprint density at radius 3 is 2.88 bits per heavy atom. The second-order valence-corrected chi connectivity index (χ2v) is 7.21. The summed E-state index contributed by atoms with van der Waals surface area (Å²) in [5.41, 5.74) is 0.873. The van der Waals surface area contributed by atoms with E-state index in [1.54, 1.807) is 12.1 Å². The maximum Gasteiger partial charge on any atom is 0.306 e. The molecule has 0 unspecified atom stereocenters. The van der Waals surface area contributed by atoms with Gasteiger partial charge >= 0.3 is 5.97 Å². The van der Waals surface area contributed by atoms with Gasteiger partial charge < -0.3 is 9.26 Å². The van der Waals surface area contributed by atoms with Crippen LogP contribution < -0.4 is 0 Å². The highest BCUT2D eigenvalue weighted by atomic mass is 35.5. The van der Waals surface area contributed by atoms with Crippen LogP contribution in [0.4, 0.5) is 0 Å². The number of nitrogens with zero attached hydrogens (tertiary/aromatic N) is 2. The number of thiophene rings is 2. The van der Waals surface area contributed by atoms with Gasteiger partial charge in [0.2, 0.25) is 17.5 Å². The number of rotatable bonds is 7. The normalized spacial score (nSPS) is 10.7. The van der Waals surface area contributed by atoms with Crippen molar-refractivity contribution in [1.29, 1.82) is 0 Å². The van der Waals surface area contributed by atoms with Gasteiger partial charge in [0.1, 0.15) is 0 Å². The van der Waals surface area contributed by atoms with Gasteiger partial charge in [0, 0.05) is 17.4 Å². The van der Waals surface area contributed by atoms with Crippen molar-refractivity contribution in [2.45, 2.75) is 12.8 Å². The molecule has 9 heteroatoms. The Kier molecular flexibility index (Phi) is 5.39. The van der Waals surface area contributed by atoms with Crippen molar-refractivity contribution in [3.8, 4) is 11.4 Å². The molecule has 3 aromatic heterocycles. The zero-order valence-electron chi connectivity index (χ0n) is 12.2. The number of ketones is 1. The number of ether oxygens (including phenoxy) is 1. The molecule has 6 nitrogen and oxygen atoms in total. The molecule has 0 aliphatic carbocycles. The average Bonchev–Trinajstić information content (AvgIpc) is 3.30. The van der Waals surface area contributed by atoms with Crippen molar-refractivity contribution in [2.75, 3.05) is 6.61 Å². The van der Waals surface area contributed by atoms with E-state index in [4.69, 9.17) is 20.9 Å². The van der Waals surface area contributed by atoms with E-state index in [1.807, 2.05) is 16.8 Å². The van der Waals surface area contributed by atoms with E-state index in [-0.39, 0.29) is 25.2 Å². The number of carbonyl (C=O) groups is 2. The van der Waals surface area contributed by atoms with Gasteiger partial charge in [-0.05, 0) is 23.6 Å². The third kappa shape index (κ3) is 4.28. The van der Waals surface area contributed by atoms with Crippen LogP contribution in [-0.4, -0.2) is 28.5 Å². The highest BCUT2D eigenvalue weighted by molar-refractivity contribution is 7.18. The summed E-state index contributed by atoms with van der Waals surface area (Å²) >= 11 is 8.45. The molecule has 0 saturated carbocycles. The van der Waals surface area contributed by atoms with Crippen LogP contribution in [-0.2, 0) is 16.0 Å². The lowest BCUT2D eigenvalue weighted by atomic mass is 10.3. The molecular formula is C15H11ClN2O4S2. The number of halogens is 1. The number of aromatic nitrogens is 2. The molecule has 0 fully saturated rings. The Balaban J connectivity index is 1.45. The highest BCUT2D eigenvalue weighted by Crippen LogP contribution is 2.22. The lowest BCUT2D eigenvalue weighted by Gasteiger charge is -2.01. The lowest BCUT2D eigenvalue weighted by Crippen LogP contribution is -2.13. The minimum atomic E-state index is -0.499. The summed E-state index contributed by atoms with van der Waals surface area (Å²) in [7, 11) is 0. The van der Waals surface area contributed by atoms with Crippen molar-refractivity contribution < 1.29 is 18.8 Å². The maximum atomic E-state index is 11.8. The molecular weight excluding hydrogens is 372 g/mol. The lowest BCUT2D eigenvalue weighted by molar-refractivity contribution is -0.142. The highest BCUT2D eigenvalue weighted by Gasteiger charge is 2.14. The molecule has 0 aliphatic rings. The molecule has 24 heavy (non-hydrogen) atoms. The largest absolute Gasteiger partial charge is 0.457 e. The number of hydrogen-bond acceptors (Lipinski definition) is 8. The van der Waals surface area contributed by atoms with Crippen LogP contribution >= 0.6 is 34.3 Å². The summed E-state index contributed by atoms with van der Waals surface area (Å²) in [5.74, 6) is 0.0629. The standard InChI is InChI=1S/C15H11ClN2O4S2/c16-12-2-1-11(24-12)10(19)7-21-14(20)4-3-13-17-15(18-22-13)9-5-6-23-8-9/h1-2,5-6,8H,3-4,7H2. The van der Waals surface area contributed by atoms with Gasteiger partial charge in [-0.1, -0.05) is 16.8 Å². The van der Waals surface area contributed by atoms with Gasteiger partial charge in [0.05, 0.1) is 15.6 Å². The summed E-state index contributed by atoms with van der Waals surface area (Å²) in [6, 6.07) is 5.12. The Hall–Kier alpha value is -2.03. The van der Waals surface area contributed by atoms with Crippen LogP contribution in [0.5, 0.6) is 0 Å². The van der Waals surface area contributed by atoms with Crippen molar-refractivity contribution in [2.24, 2.45) is 0 Å². The first-order valence-corrected chi connectivity index (χ1v) is 9.05. The first kappa shape index (κ1) is 16.8. The molecule has 0 saturated heterocycles. The molecule has 0 atom stereocenters. The molecule has 0 aliphatic heterocycles. The molecule has 124 valence electrons. The van der Waals surface area contributed by atoms with Crippen LogP contribution in [0.3, 0.4) is 0 Å². The molecule has 0 radical (unpaired) electrons. The third-order valence-electron chi connectivity index (χ3n) is 3.00. The van der Waals surface area contributed by atoms with Gasteiger partial charge in [-0.2, -0.15) is 16.3 Å². The maximum absolute atomic E-state index is 11.8. The fraction of sp³-hybridized carbons (Fsp3) is 0.200. The first-order chi connectivity index (χ1) is 11.6. The van der Waals surface area contributed by atoms with Gasteiger partial charge in [-0.15, -0.1) is 11.3 Å². The Labute approximate surface area is 150 Å². The van der Waals surface area contributed by atoms with E-state index in [1.165, 1.54) is 11.3 Å². The molecule has 0 amide bonds. The van der Waals surface area contributed by atoms with Crippen LogP contribution in [0.15, 0.2) is 33.5 Å². The second-order valence-electron chi connectivity index (χ2n) is 4.71. The number of aryl methyl sites for hydroxylation is 1. The zero-order valence-corrected chi connectivity index (χ0v) is 14.6. The predicted octanol–water partition coefficient (Wildman–Crippen LogP) is 3.87. The molecule has 3 heterocycles. The SMILES string of the molecule is O=C(CCc1nc(-c2ccsc2)no1)OCC(=O)c1ccc(Cl)s1. The monoisotopic (exact) mass is 382 g/mol. The topological polar surface area (TPSA) is 82.3 Å². The van der Waals surface area contributed by atoms with Gasteiger partial charge in [0.25, 0.3) is 0 Å². The van der Waals surface area contributed by atoms with E-state index in [0.717, 1.165) is 16.9 Å². The number of carbonyl (C=O) groups excluding carboxylic acids is 2. The fourth-order valence-electron chi connectivity index (χ4n) is 1.83. The molecule has 3 aromatic rings. The van der Waals surface area contributed by atoms with E-state index in [9.17, 15) is 9.59 Å². The van der Waals surface area contributed by atoms with E-state index < -0.39 is 5.97 Å². The second kappa shape index (κ2) is 7.69. The molecule has 0 spiro atoms. The van der Waals surface area contributed by atoms with Crippen molar-refractivity contribution in [3.05, 3.63) is 44.1 Å². The fourth-order valence-corrected chi connectivity index (χ4v) is 3.43. The van der Waals surface area contributed by atoms with Crippen LogP contribution in [0.2, 0.25) is 4.34 Å². The molecule has 0 aromatic carbocycles. The number of Topliss-reactive ketones (excluding diaryl/α,β-unsaturated/α-hetero) is 1. The smallest absolute Gasteiger partial charge is 0.306 e. The van der Waals surface area contributed by atoms with E-state index in [0.29, 0.717) is 20.9 Å². The summed E-state index contributed by atoms with van der Waals surface area (Å²) in [6.07, 6.45) is 0.318. The summed E-state index contributed by atoms with van der Waals surface area (Å²) in [4.78, 5) is 28.2. The summed E-state index contributed by atoms with van der Waals surface area (Å²) in [6.45, 7) is -0.306. The number of esters is 1. The van der Waals surface area contributed by atoms with Gasteiger partial charge in [0.15, 0.2) is 6.61 Å². The van der Waals surface area contributed by atoms with Crippen LogP contribution in [0.1, 0.15) is 22.0 Å². The molecule has 0 N–H and O–H groups in total. The Morgan fingerprint density at radius 1 is 1.29 bits per heavy atom. The Bertz CT molecular complexity index is 841. The quantitative estimate of drug-likeness (QED) is 0.455. The summed E-state index contributed by atoms with van der Waals surface area (Å²) < 4.78 is 10.6. The first-order valence-electron chi connectivity index (χ1n) is 6.91. The summed E-state index contributed by atoms with van der Waals surface area (Å²) in [5, 5.41) is 7.68. The third-order valence-corrected chi connectivity index (χ3v) is 4.96. The van der Waals surface area contributed by atoms with Gasteiger partial charge in [-0.25, -0.2) is 0 Å². The predicted molar refractivity (Wildman–Crippen MR) is 90.6 cm³/mol. The van der Waals surface area contributed by atoms with Crippen LogP contribution in [0, 0.1) is 0 Å². The molecule has 0 bridgehead atoms. The van der Waals surface area contributed by atoms with E-state index in [2.05, 4.69) is 10.1 Å². The van der Waals surface area contributed by atoms with Crippen LogP contribution in [0.25, 0.3) is 11.4 Å². The Morgan fingerprint density at radius 2 is 2.17 bits per heavy atom. The zero-order chi connectivity index (χ0) is 16.9. The van der Waals surface area contributed by atoms with E-state index >= 15 is 0 Å². The van der Waals surface area contributed by atoms with Crippen molar-refractivity contribution in [1.82, 2.24) is 10.1 Å². The van der Waals surface area contributed by atoms with Crippen molar-refractivity contribution >= 4 is 46.0 Å². The average molecular weight is 383 g/mol. The van der Waals surface area contributed by atoms with Gasteiger partial charge in [-0.3, -0.25) is 9.59 Å². The minimum Gasteiger partial charge on any atom is -0.457 e. The number of hydrogen-bond donors (Lipinski definition) is 0. The van der Waals surface area contributed by atoms with Crippen molar-refractivity contribution in [3.63, 3.8) is 0 Å². The minimum absolute atomic E-state index is 0.0593. The molecule has 3 rings (SSSR count).